The molecule has 0 bridgehead atoms. The van der Waals surface area contributed by atoms with Gasteiger partial charge in [0.2, 0.25) is 0 Å². The number of nitrogens with two attached hydrogens (primary N) is 1. The summed E-state index contributed by atoms with van der Waals surface area (Å²) in [4.78, 5) is 2.49. The first kappa shape index (κ1) is 11.6. The minimum atomic E-state index is 0.0830. The number of rotatable bonds is 3. The Morgan fingerprint density at radius 3 is 3.06 bits per heavy atom. The number of likely N-dealkylation sites (tertiary alicyclic amines) is 1. The number of aromatic nitrogens is 2. The Morgan fingerprint density at radius 2 is 2.44 bits per heavy atom. The molecule has 4 heteroatoms. The van der Waals surface area contributed by atoms with Crippen molar-refractivity contribution in [3.05, 3.63) is 18.0 Å². The molecule has 90 valence electrons. The minimum Gasteiger partial charge on any atom is -0.324 e. The molecular weight excluding hydrogens is 200 g/mol. The van der Waals surface area contributed by atoms with Gasteiger partial charge in [0.1, 0.15) is 0 Å². The van der Waals surface area contributed by atoms with Gasteiger partial charge in [0.05, 0.1) is 12.2 Å². The molecule has 1 aliphatic heterocycles. The molecule has 2 N–H and O–H groups in total. The van der Waals surface area contributed by atoms with E-state index in [1.165, 1.54) is 19.4 Å². The molecule has 0 saturated carbocycles. The van der Waals surface area contributed by atoms with Gasteiger partial charge in [0, 0.05) is 24.3 Å². The number of piperidine rings is 1. The van der Waals surface area contributed by atoms with Crippen molar-refractivity contribution in [1.29, 1.82) is 0 Å². The van der Waals surface area contributed by atoms with Gasteiger partial charge < -0.3 is 10.6 Å². The molecule has 2 unspecified atom stereocenters. The van der Waals surface area contributed by atoms with Crippen LogP contribution >= 0.6 is 0 Å². The van der Waals surface area contributed by atoms with Gasteiger partial charge in [-0.2, -0.15) is 5.10 Å². The van der Waals surface area contributed by atoms with Crippen molar-refractivity contribution in [2.75, 3.05) is 19.6 Å². The molecule has 0 aliphatic carbocycles. The maximum absolute atomic E-state index is 5.85. The molecule has 16 heavy (non-hydrogen) atoms. The fourth-order valence-electron chi connectivity index (χ4n) is 2.32. The Kier molecular flexibility index (Phi) is 3.61. The zero-order valence-electron chi connectivity index (χ0n) is 10.3. The van der Waals surface area contributed by atoms with E-state index in [-0.39, 0.29) is 6.04 Å². The Morgan fingerprint density at radius 1 is 1.62 bits per heavy atom. The molecule has 1 saturated heterocycles. The quantitative estimate of drug-likeness (QED) is 0.844. The second-order valence-corrected chi connectivity index (χ2v) is 4.73. The van der Waals surface area contributed by atoms with Gasteiger partial charge in [-0.1, -0.05) is 6.92 Å². The van der Waals surface area contributed by atoms with Crippen molar-refractivity contribution in [2.24, 2.45) is 5.73 Å². The third kappa shape index (κ3) is 2.44. The lowest BCUT2D eigenvalue weighted by Crippen LogP contribution is -2.36. The van der Waals surface area contributed by atoms with Crippen molar-refractivity contribution in [1.82, 2.24) is 14.7 Å². The van der Waals surface area contributed by atoms with E-state index in [1.54, 1.807) is 0 Å². The largest absolute Gasteiger partial charge is 0.324 e. The van der Waals surface area contributed by atoms with Crippen LogP contribution in [-0.4, -0.2) is 34.3 Å². The molecule has 0 aromatic carbocycles. The van der Waals surface area contributed by atoms with E-state index in [0.29, 0.717) is 6.04 Å². The Bertz CT molecular complexity index is 332. The molecule has 1 aliphatic rings. The maximum atomic E-state index is 5.85. The van der Waals surface area contributed by atoms with Crippen molar-refractivity contribution in [2.45, 2.75) is 38.8 Å². The van der Waals surface area contributed by atoms with Crippen LogP contribution < -0.4 is 5.73 Å². The highest BCUT2D eigenvalue weighted by atomic mass is 15.3. The lowest BCUT2D eigenvalue weighted by molar-refractivity contribution is 0.177. The molecule has 1 fully saturated rings. The fourth-order valence-corrected chi connectivity index (χ4v) is 2.32. The van der Waals surface area contributed by atoms with Crippen LogP contribution in [0.1, 0.15) is 44.3 Å². The molecule has 2 atom stereocenters. The summed E-state index contributed by atoms with van der Waals surface area (Å²) in [5, 5.41) is 4.44. The van der Waals surface area contributed by atoms with Crippen molar-refractivity contribution >= 4 is 0 Å². The summed E-state index contributed by atoms with van der Waals surface area (Å²) in [5.74, 6) is 0. The first-order valence-corrected chi connectivity index (χ1v) is 6.22. The molecule has 0 radical (unpaired) electrons. The lowest BCUT2D eigenvalue weighted by atomic mass is 10.1. The van der Waals surface area contributed by atoms with Crippen LogP contribution in [0, 0.1) is 0 Å². The molecule has 1 aromatic heterocycles. The normalized spacial score (nSPS) is 24.6. The van der Waals surface area contributed by atoms with Gasteiger partial charge in [0.25, 0.3) is 0 Å². The molecule has 1 aromatic rings. The molecular formula is C12H22N4. The SMILES string of the molecule is CCN1CCCC(n2cc(C(C)N)cn2)C1. The predicted octanol–water partition coefficient (Wildman–Crippen LogP) is 1.56. The number of likely N-dealkylation sites (N-methyl/N-ethyl adjacent to an activating group) is 1. The topological polar surface area (TPSA) is 47.1 Å². The zero-order chi connectivity index (χ0) is 11.5. The van der Waals surface area contributed by atoms with Crippen LogP contribution in [0.3, 0.4) is 0 Å². The highest BCUT2D eigenvalue weighted by Gasteiger charge is 2.20. The van der Waals surface area contributed by atoms with E-state index in [9.17, 15) is 0 Å². The number of hydrogen-bond acceptors (Lipinski definition) is 3. The van der Waals surface area contributed by atoms with Crippen molar-refractivity contribution in [3.63, 3.8) is 0 Å². The lowest BCUT2D eigenvalue weighted by Gasteiger charge is -2.31. The first-order valence-electron chi connectivity index (χ1n) is 6.22. The smallest absolute Gasteiger partial charge is 0.0646 e. The average Bonchev–Trinajstić information content (AvgIpc) is 2.78. The predicted molar refractivity (Wildman–Crippen MR) is 65.2 cm³/mol. The number of hydrogen-bond donors (Lipinski definition) is 1. The Labute approximate surface area is 97.4 Å². The van der Waals surface area contributed by atoms with Gasteiger partial charge in [-0.05, 0) is 32.9 Å². The third-order valence-electron chi connectivity index (χ3n) is 3.45. The Hall–Kier alpha value is -0.870. The maximum Gasteiger partial charge on any atom is 0.0646 e. The average molecular weight is 222 g/mol. The summed E-state index contributed by atoms with van der Waals surface area (Å²) in [6.45, 7) is 7.71. The zero-order valence-corrected chi connectivity index (χ0v) is 10.3. The molecule has 4 nitrogen and oxygen atoms in total. The van der Waals surface area contributed by atoms with Crippen LogP contribution in [0.4, 0.5) is 0 Å². The van der Waals surface area contributed by atoms with Crippen molar-refractivity contribution < 1.29 is 0 Å². The molecule has 2 heterocycles. The van der Waals surface area contributed by atoms with E-state index < -0.39 is 0 Å². The fraction of sp³-hybridized carbons (Fsp3) is 0.750. The third-order valence-corrected chi connectivity index (χ3v) is 3.45. The standard InChI is InChI=1S/C12H22N4/c1-3-15-6-4-5-12(9-15)16-8-11(7-14-16)10(2)13/h7-8,10,12H,3-6,9,13H2,1-2H3. The van der Waals surface area contributed by atoms with Crippen LogP contribution in [0.25, 0.3) is 0 Å². The molecule has 0 amide bonds. The minimum absolute atomic E-state index is 0.0830. The highest BCUT2D eigenvalue weighted by Crippen LogP contribution is 2.21. The summed E-state index contributed by atoms with van der Waals surface area (Å²) in [6, 6.07) is 0.612. The summed E-state index contributed by atoms with van der Waals surface area (Å²) >= 11 is 0. The monoisotopic (exact) mass is 222 g/mol. The second kappa shape index (κ2) is 4.97. The first-order chi connectivity index (χ1) is 7.70. The van der Waals surface area contributed by atoms with E-state index in [0.717, 1.165) is 18.7 Å². The summed E-state index contributed by atoms with van der Waals surface area (Å²) < 4.78 is 2.10. The van der Waals surface area contributed by atoms with Crippen LogP contribution in [0.2, 0.25) is 0 Å². The Balaban J connectivity index is 2.05. The van der Waals surface area contributed by atoms with E-state index in [1.807, 2.05) is 13.1 Å². The van der Waals surface area contributed by atoms with Gasteiger partial charge in [-0.15, -0.1) is 0 Å². The summed E-state index contributed by atoms with van der Waals surface area (Å²) in [5.41, 5.74) is 6.98. The highest BCUT2D eigenvalue weighted by molar-refractivity contribution is 5.09. The molecule has 2 rings (SSSR count). The van der Waals surface area contributed by atoms with Gasteiger partial charge in [0.15, 0.2) is 0 Å². The number of nitrogens with zero attached hydrogens (tertiary/aromatic N) is 3. The van der Waals surface area contributed by atoms with Crippen molar-refractivity contribution in [3.8, 4) is 0 Å². The van der Waals surface area contributed by atoms with Gasteiger partial charge in [-0.3, -0.25) is 4.68 Å². The van der Waals surface area contributed by atoms with E-state index in [4.69, 9.17) is 5.73 Å². The van der Waals surface area contributed by atoms with Crippen LogP contribution in [0.15, 0.2) is 12.4 Å². The summed E-state index contributed by atoms with van der Waals surface area (Å²) in [7, 11) is 0. The second-order valence-electron chi connectivity index (χ2n) is 4.73. The van der Waals surface area contributed by atoms with Gasteiger partial charge >= 0.3 is 0 Å². The van der Waals surface area contributed by atoms with Gasteiger partial charge in [-0.25, -0.2) is 0 Å². The van der Waals surface area contributed by atoms with Crippen LogP contribution in [0.5, 0.6) is 0 Å². The van der Waals surface area contributed by atoms with Crippen LogP contribution in [-0.2, 0) is 0 Å². The van der Waals surface area contributed by atoms with E-state index in [2.05, 4.69) is 27.8 Å². The van der Waals surface area contributed by atoms with E-state index >= 15 is 0 Å². The summed E-state index contributed by atoms with van der Waals surface area (Å²) in [6.07, 6.45) is 6.51. The molecule has 0 spiro atoms.